The van der Waals surface area contributed by atoms with Crippen molar-refractivity contribution in [1.29, 1.82) is 0 Å². The molecule has 1 fully saturated rings. The largest absolute Gasteiger partial charge is 0.450 e. The van der Waals surface area contributed by atoms with Gasteiger partial charge in [0.2, 0.25) is 0 Å². The molecule has 0 bridgehead atoms. The average molecular weight is 305 g/mol. The van der Waals surface area contributed by atoms with E-state index in [9.17, 15) is 9.90 Å². The fourth-order valence-corrected chi connectivity index (χ4v) is 3.30. The molecule has 4 nitrogen and oxygen atoms in total. The van der Waals surface area contributed by atoms with Gasteiger partial charge in [-0.2, -0.15) is 0 Å². The van der Waals surface area contributed by atoms with Gasteiger partial charge in [-0.15, -0.1) is 0 Å². The van der Waals surface area contributed by atoms with Gasteiger partial charge in [0.1, 0.15) is 0 Å². The van der Waals surface area contributed by atoms with Crippen LogP contribution < -0.4 is 0 Å². The SMILES string of the molecule is CCOC(=O)N(C1CC(C)CC[C@H]1O)[C@H](C)c1ccccc1. The van der Waals surface area contributed by atoms with Gasteiger partial charge in [-0.3, -0.25) is 4.90 Å². The van der Waals surface area contributed by atoms with E-state index in [2.05, 4.69) is 6.92 Å². The molecule has 0 radical (unpaired) electrons. The first-order chi connectivity index (χ1) is 10.5. The molecule has 0 aromatic heterocycles. The van der Waals surface area contributed by atoms with Crippen LogP contribution in [0.3, 0.4) is 0 Å². The molecule has 1 aromatic carbocycles. The lowest BCUT2D eigenvalue weighted by Gasteiger charge is -2.42. The van der Waals surface area contributed by atoms with E-state index in [4.69, 9.17) is 4.74 Å². The number of hydrogen-bond acceptors (Lipinski definition) is 3. The number of benzene rings is 1. The maximum atomic E-state index is 12.5. The second kappa shape index (κ2) is 7.63. The van der Waals surface area contributed by atoms with Crippen LogP contribution in [0.2, 0.25) is 0 Å². The lowest BCUT2D eigenvalue weighted by molar-refractivity contribution is -0.0119. The minimum Gasteiger partial charge on any atom is -0.450 e. The van der Waals surface area contributed by atoms with Crippen molar-refractivity contribution in [1.82, 2.24) is 4.90 Å². The topological polar surface area (TPSA) is 49.8 Å². The maximum Gasteiger partial charge on any atom is 0.410 e. The molecule has 2 unspecified atom stereocenters. The second-order valence-electron chi connectivity index (χ2n) is 6.25. The van der Waals surface area contributed by atoms with Crippen LogP contribution in [0.25, 0.3) is 0 Å². The summed E-state index contributed by atoms with van der Waals surface area (Å²) in [6, 6.07) is 9.61. The highest BCUT2D eigenvalue weighted by Crippen LogP contribution is 2.33. The Kier molecular flexibility index (Phi) is 5.83. The lowest BCUT2D eigenvalue weighted by Crippen LogP contribution is -2.51. The van der Waals surface area contributed by atoms with E-state index in [1.807, 2.05) is 44.2 Å². The highest BCUT2D eigenvalue weighted by Gasteiger charge is 2.38. The maximum absolute atomic E-state index is 12.5. The van der Waals surface area contributed by atoms with Crippen LogP contribution in [0.1, 0.15) is 51.6 Å². The summed E-state index contributed by atoms with van der Waals surface area (Å²) in [6.07, 6.45) is 1.75. The standard InChI is InChI=1S/C18H27NO3/c1-4-22-18(21)19(14(3)15-8-6-5-7-9-15)16-12-13(2)10-11-17(16)20/h5-9,13-14,16-17,20H,4,10-12H2,1-3H3/t13?,14-,16?,17-/m1/s1. The van der Waals surface area contributed by atoms with Crippen LogP contribution >= 0.6 is 0 Å². The molecule has 4 atom stereocenters. The smallest absolute Gasteiger partial charge is 0.410 e. The van der Waals surface area contributed by atoms with Gasteiger partial charge >= 0.3 is 6.09 Å². The molecule has 122 valence electrons. The van der Waals surface area contributed by atoms with Crippen molar-refractivity contribution >= 4 is 6.09 Å². The average Bonchev–Trinajstić information content (AvgIpc) is 2.52. The summed E-state index contributed by atoms with van der Waals surface area (Å²) in [5.41, 5.74) is 1.06. The Bertz CT molecular complexity index is 476. The summed E-state index contributed by atoms with van der Waals surface area (Å²) in [6.45, 7) is 6.33. The van der Waals surface area contributed by atoms with Crippen LogP contribution in [0, 0.1) is 5.92 Å². The summed E-state index contributed by atoms with van der Waals surface area (Å²) in [5, 5.41) is 10.4. The van der Waals surface area contributed by atoms with Crippen LogP contribution in [0.4, 0.5) is 4.79 Å². The molecular formula is C18H27NO3. The lowest BCUT2D eigenvalue weighted by atomic mass is 9.83. The summed E-state index contributed by atoms with van der Waals surface area (Å²) in [7, 11) is 0. The second-order valence-corrected chi connectivity index (χ2v) is 6.25. The van der Waals surface area contributed by atoms with Gasteiger partial charge in [0.05, 0.1) is 24.8 Å². The van der Waals surface area contributed by atoms with Crippen LogP contribution in [0.5, 0.6) is 0 Å². The number of ether oxygens (including phenoxy) is 1. The fourth-order valence-electron chi connectivity index (χ4n) is 3.30. The molecule has 0 saturated heterocycles. The normalized spacial score (nSPS) is 26.3. The zero-order valence-corrected chi connectivity index (χ0v) is 13.7. The van der Waals surface area contributed by atoms with Gasteiger partial charge in [-0.25, -0.2) is 4.79 Å². The summed E-state index contributed by atoms with van der Waals surface area (Å²) in [5.74, 6) is 0.508. The van der Waals surface area contributed by atoms with E-state index >= 15 is 0 Å². The Balaban J connectivity index is 2.27. The summed E-state index contributed by atoms with van der Waals surface area (Å²) < 4.78 is 5.26. The molecule has 1 aliphatic carbocycles. The predicted octanol–water partition coefficient (Wildman–Crippen LogP) is 3.76. The number of hydrogen-bond donors (Lipinski definition) is 1. The Morgan fingerprint density at radius 2 is 2.05 bits per heavy atom. The summed E-state index contributed by atoms with van der Waals surface area (Å²) in [4.78, 5) is 14.2. The van der Waals surface area contributed by atoms with Crippen molar-refractivity contribution in [3.8, 4) is 0 Å². The Morgan fingerprint density at radius 3 is 2.68 bits per heavy atom. The number of rotatable bonds is 4. The molecule has 0 spiro atoms. The number of carbonyl (C=O) groups is 1. The quantitative estimate of drug-likeness (QED) is 0.921. The van der Waals surface area contributed by atoms with Crippen molar-refractivity contribution in [3.05, 3.63) is 35.9 Å². The first kappa shape index (κ1) is 16.8. The van der Waals surface area contributed by atoms with Gasteiger partial charge in [0.15, 0.2) is 0 Å². The summed E-state index contributed by atoms with van der Waals surface area (Å²) >= 11 is 0. The Labute approximate surface area is 133 Å². The molecule has 0 heterocycles. The Morgan fingerprint density at radius 1 is 1.36 bits per heavy atom. The van der Waals surface area contributed by atoms with E-state index in [1.165, 1.54) is 0 Å². The van der Waals surface area contributed by atoms with E-state index in [0.717, 1.165) is 24.8 Å². The fraction of sp³-hybridized carbons (Fsp3) is 0.611. The molecule has 22 heavy (non-hydrogen) atoms. The Hall–Kier alpha value is -1.55. The molecule has 4 heteroatoms. The number of aliphatic hydroxyl groups excluding tert-OH is 1. The van der Waals surface area contributed by atoms with Gasteiger partial charge < -0.3 is 9.84 Å². The van der Waals surface area contributed by atoms with Crippen LogP contribution in [0.15, 0.2) is 30.3 Å². The molecule has 2 rings (SSSR count). The minimum absolute atomic E-state index is 0.120. The third-order valence-electron chi connectivity index (χ3n) is 4.58. The monoisotopic (exact) mass is 305 g/mol. The first-order valence-corrected chi connectivity index (χ1v) is 8.22. The number of aliphatic hydroxyl groups is 1. The van der Waals surface area contributed by atoms with Crippen molar-refractivity contribution in [3.63, 3.8) is 0 Å². The van der Waals surface area contributed by atoms with E-state index in [0.29, 0.717) is 12.5 Å². The predicted molar refractivity (Wildman–Crippen MR) is 86.5 cm³/mol. The van der Waals surface area contributed by atoms with Gasteiger partial charge in [-0.05, 0) is 44.6 Å². The van der Waals surface area contributed by atoms with Crippen molar-refractivity contribution < 1.29 is 14.6 Å². The zero-order valence-electron chi connectivity index (χ0n) is 13.7. The van der Waals surface area contributed by atoms with E-state index in [-0.39, 0.29) is 18.2 Å². The first-order valence-electron chi connectivity index (χ1n) is 8.22. The number of amides is 1. The zero-order chi connectivity index (χ0) is 16.1. The number of carbonyl (C=O) groups excluding carboxylic acids is 1. The molecule has 1 aromatic rings. The molecule has 1 saturated carbocycles. The van der Waals surface area contributed by atoms with Crippen molar-refractivity contribution in [2.24, 2.45) is 5.92 Å². The van der Waals surface area contributed by atoms with Crippen LogP contribution in [-0.2, 0) is 4.74 Å². The van der Waals surface area contributed by atoms with Crippen molar-refractivity contribution in [2.75, 3.05) is 6.61 Å². The van der Waals surface area contributed by atoms with Gasteiger partial charge in [-0.1, -0.05) is 37.3 Å². The molecule has 1 N–H and O–H groups in total. The molecule has 1 aliphatic rings. The third-order valence-corrected chi connectivity index (χ3v) is 4.58. The molecule has 1 amide bonds. The molecule has 0 aliphatic heterocycles. The van der Waals surface area contributed by atoms with E-state index in [1.54, 1.807) is 4.90 Å². The van der Waals surface area contributed by atoms with Gasteiger partial charge in [0, 0.05) is 0 Å². The van der Waals surface area contributed by atoms with E-state index < -0.39 is 6.10 Å². The highest BCUT2D eigenvalue weighted by molar-refractivity contribution is 5.69. The van der Waals surface area contributed by atoms with Crippen molar-refractivity contribution in [2.45, 2.75) is 58.2 Å². The third kappa shape index (κ3) is 3.80. The van der Waals surface area contributed by atoms with Gasteiger partial charge in [0.25, 0.3) is 0 Å². The number of nitrogens with zero attached hydrogens (tertiary/aromatic N) is 1. The minimum atomic E-state index is -0.480. The molecular weight excluding hydrogens is 278 g/mol. The van der Waals surface area contributed by atoms with Crippen LogP contribution in [-0.4, -0.2) is 34.9 Å². The highest BCUT2D eigenvalue weighted by atomic mass is 16.6.